The van der Waals surface area contributed by atoms with Crippen LogP contribution >= 0.6 is 7.60 Å². The van der Waals surface area contributed by atoms with Gasteiger partial charge in [-0.15, -0.1) is 0 Å². The van der Waals surface area contributed by atoms with Crippen molar-refractivity contribution in [3.8, 4) is 0 Å². The Kier molecular flexibility index (Phi) is 19.5. The van der Waals surface area contributed by atoms with Crippen LogP contribution in [-0.2, 0) is 9.30 Å². The molecule has 6 nitrogen and oxygen atoms in total. The summed E-state index contributed by atoms with van der Waals surface area (Å²) in [5, 5.41) is 10.6. The van der Waals surface area contributed by atoms with E-state index in [4.69, 9.17) is 14.5 Å². The predicted octanol–water partition coefficient (Wildman–Crippen LogP) is 5.49. The second-order valence-corrected chi connectivity index (χ2v) is 11.1. The molecule has 0 bridgehead atoms. The summed E-state index contributed by atoms with van der Waals surface area (Å²) in [5.41, 5.74) is 0. The molecule has 0 aromatic heterocycles. The minimum absolute atomic E-state index is 0.0776. The molecule has 0 saturated carbocycles. The maximum absolute atomic E-state index is 11.2. The van der Waals surface area contributed by atoms with Crippen molar-refractivity contribution in [3.05, 3.63) is 0 Å². The van der Waals surface area contributed by atoms with E-state index < -0.39 is 13.7 Å². The molecule has 31 heavy (non-hydrogen) atoms. The Labute approximate surface area is 192 Å². The van der Waals surface area contributed by atoms with E-state index in [1.54, 1.807) is 0 Å². The van der Waals surface area contributed by atoms with Crippen LogP contribution in [0.25, 0.3) is 0 Å². The van der Waals surface area contributed by atoms with E-state index in [1.165, 1.54) is 57.8 Å². The Morgan fingerprint density at radius 2 is 1.26 bits per heavy atom. The second kappa shape index (κ2) is 19.5. The molecule has 0 radical (unpaired) electrons. The molecule has 0 fully saturated rings. The molecular formula is C24H53NO5P+. The first-order valence-electron chi connectivity index (χ1n) is 12.9. The van der Waals surface area contributed by atoms with Gasteiger partial charge < -0.3 is 24.1 Å². The standard InChI is InChI=1S/C24H52NO5P/c1-4-7-8-9-10-11-12-13-14-15-20-30-23-24(26)22-25(17-5-2,18-6-3)19-16-21-31(27,28)29/h24,26H,4-23H2,1-3H3,(H-,27,28,29)/p+1. The summed E-state index contributed by atoms with van der Waals surface area (Å²) < 4.78 is 17.7. The number of unbranched alkanes of at least 4 members (excludes halogenated alkanes) is 9. The normalized spacial score (nSPS) is 13.6. The SMILES string of the molecule is CCCCCCCCCCCCOCC(O)C[N+](CCC)(CCC)CCCP(=O)(O)O. The maximum atomic E-state index is 11.2. The number of rotatable bonds is 23. The van der Waals surface area contributed by atoms with E-state index in [0.29, 0.717) is 32.7 Å². The number of hydrogen-bond acceptors (Lipinski definition) is 3. The van der Waals surface area contributed by atoms with Crippen molar-refractivity contribution in [2.75, 3.05) is 45.6 Å². The van der Waals surface area contributed by atoms with E-state index in [-0.39, 0.29) is 6.16 Å². The van der Waals surface area contributed by atoms with Crippen LogP contribution < -0.4 is 0 Å². The Morgan fingerprint density at radius 1 is 0.742 bits per heavy atom. The average molecular weight is 467 g/mol. The minimum Gasteiger partial charge on any atom is -0.385 e. The van der Waals surface area contributed by atoms with Crippen molar-refractivity contribution in [1.82, 2.24) is 0 Å². The molecule has 0 aliphatic rings. The van der Waals surface area contributed by atoms with Gasteiger partial charge in [0, 0.05) is 13.0 Å². The fourth-order valence-corrected chi connectivity index (χ4v) is 5.13. The summed E-state index contributed by atoms with van der Waals surface area (Å²) in [5.74, 6) is 0. The Balaban J connectivity index is 4.05. The van der Waals surface area contributed by atoms with Gasteiger partial charge in [0.2, 0.25) is 0 Å². The molecule has 3 N–H and O–H groups in total. The minimum atomic E-state index is -3.96. The lowest BCUT2D eigenvalue weighted by atomic mass is 10.1. The molecule has 0 rings (SSSR count). The summed E-state index contributed by atoms with van der Waals surface area (Å²) in [6.07, 6.45) is 14.8. The van der Waals surface area contributed by atoms with Crippen molar-refractivity contribution in [2.45, 2.75) is 110 Å². The van der Waals surface area contributed by atoms with E-state index in [0.717, 1.165) is 36.8 Å². The van der Waals surface area contributed by atoms with Crippen LogP contribution in [0, 0.1) is 0 Å². The Hall–Kier alpha value is 0.0300. The van der Waals surface area contributed by atoms with Crippen molar-refractivity contribution in [3.63, 3.8) is 0 Å². The van der Waals surface area contributed by atoms with Crippen LogP contribution in [-0.4, -0.2) is 71.0 Å². The molecule has 188 valence electrons. The van der Waals surface area contributed by atoms with Gasteiger partial charge in [0.15, 0.2) is 0 Å². The fraction of sp³-hybridized carbons (Fsp3) is 1.00. The summed E-state index contributed by atoms with van der Waals surface area (Å²) in [6, 6.07) is 0. The molecule has 0 amide bonds. The first-order valence-corrected chi connectivity index (χ1v) is 14.7. The summed E-state index contributed by atoms with van der Waals surface area (Å²) >= 11 is 0. The van der Waals surface area contributed by atoms with Crippen LogP contribution in [0.3, 0.4) is 0 Å². The third kappa shape index (κ3) is 19.2. The number of ether oxygens (including phenoxy) is 1. The van der Waals surface area contributed by atoms with E-state index in [1.807, 2.05) is 0 Å². The second-order valence-electron chi connectivity index (χ2n) is 9.35. The highest BCUT2D eigenvalue weighted by molar-refractivity contribution is 7.51. The largest absolute Gasteiger partial charge is 0.385 e. The predicted molar refractivity (Wildman–Crippen MR) is 131 cm³/mol. The zero-order valence-electron chi connectivity index (χ0n) is 20.8. The van der Waals surface area contributed by atoms with E-state index >= 15 is 0 Å². The highest BCUT2D eigenvalue weighted by atomic mass is 31.2. The van der Waals surface area contributed by atoms with Gasteiger partial charge in [0.05, 0.1) is 32.4 Å². The maximum Gasteiger partial charge on any atom is 0.325 e. The lowest BCUT2D eigenvalue weighted by molar-refractivity contribution is -0.931. The molecule has 0 heterocycles. The van der Waals surface area contributed by atoms with Gasteiger partial charge in [0.25, 0.3) is 0 Å². The number of nitrogens with zero attached hydrogens (tertiary/aromatic N) is 1. The highest BCUT2D eigenvalue weighted by Gasteiger charge is 2.29. The number of quaternary nitrogens is 1. The van der Waals surface area contributed by atoms with Crippen molar-refractivity contribution >= 4 is 7.60 Å². The van der Waals surface area contributed by atoms with Gasteiger partial charge in [-0.05, 0) is 19.3 Å². The molecule has 0 aromatic carbocycles. The number of hydrogen-bond donors (Lipinski definition) is 3. The van der Waals surface area contributed by atoms with Gasteiger partial charge in [-0.1, -0.05) is 78.6 Å². The van der Waals surface area contributed by atoms with Crippen LogP contribution in [0.2, 0.25) is 0 Å². The summed E-state index contributed by atoms with van der Waals surface area (Å²) in [7, 11) is -3.96. The van der Waals surface area contributed by atoms with Gasteiger partial charge in [-0.25, -0.2) is 0 Å². The monoisotopic (exact) mass is 466 g/mol. The number of aliphatic hydroxyl groups excluding tert-OH is 1. The topological polar surface area (TPSA) is 87.0 Å². The lowest BCUT2D eigenvalue weighted by Crippen LogP contribution is -2.54. The first-order chi connectivity index (χ1) is 14.8. The third-order valence-corrected chi connectivity index (χ3v) is 6.93. The van der Waals surface area contributed by atoms with Gasteiger partial charge >= 0.3 is 7.60 Å². The molecule has 1 unspecified atom stereocenters. The van der Waals surface area contributed by atoms with Crippen molar-refractivity contribution in [1.29, 1.82) is 0 Å². The molecule has 1 atom stereocenters. The van der Waals surface area contributed by atoms with Crippen molar-refractivity contribution < 1.29 is 28.7 Å². The van der Waals surface area contributed by atoms with Gasteiger partial charge in [0.1, 0.15) is 12.6 Å². The summed E-state index contributed by atoms with van der Waals surface area (Å²) in [6.45, 7) is 10.7. The number of aliphatic hydroxyl groups is 1. The Bertz CT molecular complexity index is 438. The van der Waals surface area contributed by atoms with Crippen LogP contribution in [0.5, 0.6) is 0 Å². The van der Waals surface area contributed by atoms with Crippen molar-refractivity contribution in [2.24, 2.45) is 0 Å². The zero-order chi connectivity index (χ0) is 23.4. The quantitative estimate of drug-likeness (QED) is 0.105. The smallest absolute Gasteiger partial charge is 0.325 e. The van der Waals surface area contributed by atoms with Gasteiger partial charge in [-0.2, -0.15) is 0 Å². The molecule has 0 saturated heterocycles. The van der Waals surface area contributed by atoms with E-state index in [9.17, 15) is 9.67 Å². The van der Waals surface area contributed by atoms with Gasteiger partial charge in [-0.3, -0.25) is 4.57 Å². The third-order valence-electron chi connectivity index (χ3n) is 6.03. The Morgan fingerprint density at radius 3 is 1.74 bits per heavy atom. The molecule has 7 heteroatoms. The molecular weight excluding hydrogens is 413 g/mol. The summed E-state index contributed by atoms with van der Waals surface area (Å²) in [4.78, 5) is 18.3. The zero-order valence-corrected chi connectivity index (χ0v) is 21.7. The molecule has 0 aliphatic heterocycles. The highest BCUT2D eigenvalue weighted by Crippen LogP contribution is 2.35. The lowest BCUT2D eigenvalue weighted by Gasteiger charge is -2.40. The van der Waals surface area contributed by atoms with E-state index in [2.05, 4.69) is 20.8 Å². The average Bonchev–Trinajstić information content (AvgIpc) is 2.68. The fourth-order valence-electron chi connectivity index (χ4n) is 4.58. The van der Waals surface area contributed by atoms with Crippen LogP contribution in [0.1, 0.15) is 104 Å². The first kappa shape index (κ1) is 31.0. The molecule has 0 aromatic rings. The molecule has 0 aliphatic carbocycles. The molecule has 0 spiro atoms. The van der Waals surface area contributed by atoms with Crippen LogP contribution in [0.4, 0.5) is 0 Å². The van der Waals surface area contributed by atoms with Crippen LogP contribution in [0.15, 0.2) is 0 Å².